The minimum atomic E-state index is -3.15. The van der Waals surface area contributed by atoms with Crippen molar-refractivity contribution in [2.24, 2.45) is 0 Å². The van der Waals surface area contributed by atoms with Crippen LogP contribution in [0.25, 0.3) is 5.52 Å². The van der Waals surface area contributed by atoms with Crippen molar-refractivity contribution >= 4 is 27.3 Å². The maximum Gasteiger partial charge on any atom is 0.255 e. The Bertz CT molecular complexity index is 1010. The number of rotatable bonds is 4. The predicted molar refractivity (Wildman–Crippen MR) is 114 cm³/mol. The minimum absolute atomic E-state index is 0.0674. The molecule has 4 heterocycles. The van der Waals surface area contributed by atoms with Gasteiger partial charge in [0.25, 0.3) is 5.91 Å². The van der Waals surface area contributed by atoms with E-state index in [9.17, 15) is 13.2 Å². The first-order valence-corrected chi connectivity index (χ1v) is 11.9. The van der Waals surface area contributed by atoms with Crippen LogP contribution in [0.5, 0.6) is 0 Å². The van der Waals surface area contributed by atoms with Gasteiger partial charge in [0, 0.05) is 57.0 Å². The molecular formula is C20H29N5O3S. The number of hydrogen-bond acceptors (Lipinski definition) is 5. The first-order chi connectivity index (χ1) is 13.7. The first-order valence-electron chi connectivity index (χ1n) is 10.0. The van der Waals surface area contributed by atoms with Gasteiger partial charge in [0.15, 0.2) is 0 Å². The molecule has 158 valence electrons. The van der Waals surface area contributed by atoms with Gasteiger partial charge in [-0.2, -0.15) is 4.31 Å². The molecule has 0 saturated carbocycles. The number of anilines is 1. The van der Waals surface area contributed by atoms with E-state index in [-0.39, 0.29) is 5.91 Å². The summed E-state index contributed by atoms with van der Waals surface area (Å²) in [6.45, 7) is 3.76. The summed E-state index contributed by atoms with van der Waals surface area (Å²) in [6.07, 6.45) is 4.17. The van der Waals surface area contributed by atoms with Crippen molar-refractivity contribution in [2.75, 3.05) is 64.5 Å². The average Bonchev–Trinajstić information content (AvgIpc) is 3.34. The Labute approximate surface area is 172 Å². The SMILES string of the molecule is CN(C)[C@H]1CCN(C(=O)c2ccc3ccc(N4CCN(S(C)(=O)=O)CC4)n3c2)C1. The average molecular weight is 420 g/mol. The van der Waals surface area contributed by atoms with Crippen molar-refractivity contribution in [3.63, 3.8) is 0 Å². The molecule has 4 rings (SSSR count). The maximum absolute atomic E-state index is 13.0. The number of likely N-dealkylation sites (tertiary alicyclic amines) is 1. The predicted octanol–water partition coefficient (Wildman–Crippen LogP) is 0.797. The number of hydrogen-bond donors (Lipinski definition) is 0. The number of sulfonamides is 1. The topological polar surface area (TPSA) is 68.6 Å². The summed E-state index contributed by atoms with van der Waals surface area (Å²) in [6, 6.07) is 8.35. The van der Waals surface area contributed by atoms with E-state index in [1.807, 2.05) is 39.8 Å². The van der Waals surface area contributed by atoms with Crippen LogP contribution >= 0.6 is 0 Å². The highest BCUT2D eigenvalue weighted by Gasteiger charge is 2.29. The number of nitrogens with zero attached hydrogens (tertiary/aromatic N) is 5. The molecule has 1 amide bonds. The van der Waals surface area contributed by atoms with Crippen LogP contribution in [0.4, 0.5) is 5.82 Å². The molecule has 8 nitrogen and oxygen atoms in total. The van der Waals surface area contributed by atoms with Crippen molar-refractivity contribution < 1.29 is 13.2 Å². The summed E-state index contributed by atoms with van der Waals surface area (Å²) < 4.78 is 27.1. The van der Waals surface area contributed by atoms with Crippen LogP contribution in [0.3, 0.4) is 0 Å². The van der Waals surface area contributed by atoms with Crippen LogP contribution in [-0.2, 0) is 10.0 Å². The molecule has 2 aromatic heterocycles. The lowest BCUT2D eigenvalue weighted by molar-refractivity contribution is 0.0782. The Morgan fingerprint density at radius 2 is 1.72 bits per heavy atom. The van der Waals surface area contributed by atoms with E-state index in [2.05, 4.69) is 23.9 Å². The Kier molecular flexibility index (Phi) is 5.30. The zero-order valence-electron chi connectivity index (χ0n) is 17.3. The van der Waals surface area contributed by atoms with Crippen LogP contribution in [0.2, 0.25) is 0 Å². The second-order valence-electron chi connectivity index (χ2n) is 8.21. The molecule has 0 radical (unpaired) electrons. The van der Waals surface area contributed by atoms with Gasteiger partial charge in [-0.3, -0.25) is 4.79 Å². The van der Waals surface area contributed by atoms with E-state index in [0.29, 0.717) is 37.8 Å². The van der Waals surface area contributed by atoms with Crippen molar-refractivity contribution in [3.8, 4) is 0 Å². The lowest BCUT2D eigenvalue weighted by Gasteiger charge is -2.34. The monoisotopic (exact) mass is 419 g/mol. The molecule has 0 N–H and O–H groups in total. The second-order valence-corrected chi connectivity index (χ2v) is 10.2. The highest BCUT2D eigenvalue weighted by Crippen LogP contribution is 2.23. The molecule has 0 spiro atoms. The summed E-state index contributed by atoms with van der Waals surface area (Å²) in [5.41, 5.74) is 1.71. The molecule has 2 aromatic rings. The number of carbonyl (C=O) groups is 1. The molecule has 0 aliphatic carbocycles. The van der Waals surface area contributed by atoms with Crippen molar-refractivity contribution in [3.05, 3.63) is 36.0 Å². The lowest BCUT2D eigenvalue weighted by Crippen LogP contribution is -2.48. The Morgan fingerprint density at radius 3 is 2.34 bits per heavy atom. The molecule has 1 atom stereocenters. The Hall–Kier alpha value is -2.10. The number of amides is 1. The summed E-state index contributed by atoms with van der Waals surface area (Å²) in [5, 5.41) is 0. The fourth-order valence-electron chi connectivity index (χ4n) is 4.25. The molecule has 0 aromatic carbocycles. The first kappa shape index (κ1) is 20.2. The minimum Gasteiger partial charge on any atom is -0.355 e. The zero-order valence-corrected chi connectivity index (χ0v) is 18.1. The number of carbonyl (C=O) groups excluding carboxylic acids is 1. The molecule has 0 bridgehead atoms. The highest BCUT2D eigenvalue weighted by atomic mass is 32.2. The fourth-order valence-corrected chi connectivity index (χ4v) is 5.08. The zero-order chi connectivity index (χ0) is 20.8. The quantitative estimate of drug-likeness (QED) is 0.733. The van der Waals surface area contributed by atoms with Gasteiger partial charge in [-0.1, -0.05) is 0 Å². The summed E-state index contributed by atoms with van der Waals surface area (Å²) >= 11 is 0. The van der Waals surface area contributed by atoms with Gasteiger partial charge < -0.3 is 19.1 Å². The number of aromatic nitrogens is 1. The largest absolute Gasteiger partial charge is 0.355 e. The molecule has 2 aliphatic rings. The number of fused-ring (bicyclic) bond motifs is 1. The molecule has 2 fully saturated rings. The van der Waals surface area contributed by atoms with Crippen molar-refractivity contribution in [1.29, 1.82) is 0 Å². The second kappa shape index (κ2) is 7.62. The van der Waals surface area contributed by atoms with Gasteiger partial charge in [0.1, 0.15) is 5.82 Å². The third kappa shape index (κ3) is 3.99. The van der Waals surface area contributed by atoms with Gasteiger partial charge >= 0.3 is 0 Å². The number of likely N-dealkylation sites (N-methyl/N-ethyl adjacent to an activating group) is 1. The Morgan fingerprint density at radius 1 is 1.03 bits per heavy atom. The van der Waals surface area contributed by atoms with Gasteiger partial charge in [-0.25, -0.2) is 8.42 Å². The standard InChI is InChI=1S/C20H29N5O3S/c1-21(2)18-8-9-23(15-18)20(26)16-4-5-17-6-7-19(25(17)14-16)22-10-12-24(13-11-22)29(3,27)28/h4-7,14,18H,8-13,15H2,1-3H3/t18-/m0/s1. The molecule has 0 unspecified atom stereocenters. The van der Waals surface area contributed by atoms with Crippen LogP contribution in [0, 0.1) is 0 Å². The molecule has 2 saturated heterocycles. The fraction of sp³-hybridized carbons (Fsp3) is 0.550. The van der Waals surface area contributed by atoms with Crippen LogP contribution in [0.15, 0.2) is 30.5 Å². The van der Waals surface area contributed by atoms with Gasteiger partial charge in [-0.15, -0.1) is 0 Å². The number of piperazine rings is 1. The smallest absolute Gasteiger partial charge is 0.255 e. The van der Waals surface area contributed by atoms with E-state index in [1.165, 1.54) is 10.6 Å². The highest BCUT2D eigenvalue weighted by molar-refractivity contribution is 7.88. The summed E-state index contributed by atoms with van der Waals surface area (Å²) in [4.78, 5) is 19.3. The maximum atomic E-state index is 13.0. The normalized spacial score (nSPS) is 21.4. The van der Waals surface area contributed by atoms with Crippen LogP contribution in [0.1, 0.15) is 16.8 Å². The molecule has 2 aliphatic heterocycles. The third-order valence-electron chi connectivity index (χ3n) is 6.09. The van der Waals surface area contributed by atoms with E-state index < -0.39 is 10.0 Å². The summed E-state index contributed by atoms with van der Waals surface area (Å²) in [7, 11) is 0.959. The molecular weight excluding hydrogens is 390 g/mol. The lowest BCUT2D eigenvalue weighted by atomic mass is 10.2. The van der Waals surface area contributed by atoms with Crippen LogP contribution < -0.4 is 4.90 Å². The van der Waals surface area contributed by atoms with Gasteiger partial charge in [0.2, 0.25) is 10.0 Å². The van der Waals surface area contributed by atoms with Gasteiger partial charge in [0.05, 0.1) is 11.8 Å². The van der Waals surface area contributed by atoms with Crippen molar-refractivity contribution in [2.45, 2.75) is 12.5 Å². The van der Waals surface area contributed by atoms with E-state index in [1.54, 1.807) is 0 Å². The van der Waals surface area contributed by atoms with E-state index >= 15 is 0 Å². The van der Waals surface area contributed by atoms with E-state index in [4.69, 9.17) is 0 Å². The number of pyridine rings is 1. The molecule has 29 heavy (non-hydrogen) atoms. The molecule has 9 heteroatoms. The third-order valence-corrected chi connectivity index (χ3v) is 7.39. The van der Waals surface area contributed by atoms with Crippen LogP contribution in [-0.4, -0.2) is 98.5 Å². The Balaban J connectivity index is 1.54. The van der Waals surface area contributed by atoms with E-state index in [0.717, 1.165) is 30.8 Å². The van der Waals surface area contributed by atoms with Crippen molar-refractivity contribution in [1.82, 2.24) is 18.5 Å². The summed E-state index contributed by atoms with van der Waals surface area (Å²) in [5.74, 6) is 1.06. The van der Waals surface area contributed by atoms with Gasteiger partial charge in [-0.05, 0) is 44.8 Å².